The van der Waals surface area contributed by atoms with E-state index in [9.17, 15) is 14.4 Å². The summed E-state index contributed by atoms with van der Waals surface area (Å²) in [6.45, 7) is 3.33. The van der Waals surface area contributed by atoms with Gasteiger partial charge >= 0.3 is 0 Å². The molecule has 1 aliphatic heterocycles. The van der Waals surface area contributed by atoms with Crippen molar-refractivity contribution in [3.63, 3.8) is 0 Å². The molecule has 0 spiro atoms. The van der Waals surface area contributed by atoms with E-state index in [1.165, 1.54) is 10.9 Å². The summed E-state index contributed by atoms with van der Waals surface area (Å²) in [6, 6.07) is 14.9. The Morgan fingerprint density at radius 3 is 2.68 bits per heavy atom. The quantitative estimate of drug-likeness (QED) is 0.639. The maximum absolute atomic E-state index is 12.8. The van der Waals surface area contributed by atoms with E-state index in [1.807, 2.05) is 49.4 Å². The second-order valence-corrected chi connectivity index (χ2v) is 7.94. The zero-order chi connectivity index (χ0) is 21.8. The van der Waals surface area contributed by atoms with E-state index in [-0.39, 0.29) is 36.4 Å². The Hall–Kier alpha value is -3.48. The van der Waals surface area contributed by atoms with Gasteiger partial charge in [-0.3, -0.25) is 19.0 Å². The molecule has 1 N–H and O–H groups in total. The molecule has 3 aromatic rings. The first-order valence-electron chi connectivity index (χ1n) is 10.6. The summed E-state index contributed by atoms with van der Waals surface area (Å²) in [4.78, 5) is 43.8. The molecule has 1 aromatic heterocycles. The third-order valence-electron chi connectivity index (χ3n) is 5.75. The van der Waals surface area contributed by atoms with Crippen LogP contribution in [0.2, 0.25) is 0 Å². The molecule has 7 heteroatoms. The summed E-state index contributed by atoms with van der Waals surface area (Å²) in [5.41, 5.74) is 2.44. The van der Waals surface area contributed by atoms with Gasteiger partial charge in [0.1, 0.15) is 0 Å². The van der Waals surface area contributed by atoms with Crippen LogP contribution >= 0.6 is 0 Å². The topological polar surface area (TPSA) is 84.3 Å². The molecular formula is C24H26N4O3. The minimum Gasteiger partial charge on any atom is -0.347 e. The molecule has 0 bridgehead atoms. The molecule has 1 saturated heterocycles. The summed E-state index contributed by atoms with van der Waals surface area (Å²) in [6.07, 6.45) is 3.07. The number of aryl methyl sites for hydroxylation is 2. The molecule has 0 saturated carbocycles. The molecule has 1 unspecified atom stereocenters. The van der Waals surface area contributed by atoms with Gasteiger partial charge in [-0.15, -0.1) is 0 Å². The molecule has 2 aromatic carbocycles. The Kier molecular flexibility index (Phi) is 6.11. The van der Waals surface area contributed by atoms with Gasteiger partial charge in [0, 0.05) is 32.5 Å². The van der Waals surface area contributed by atoms with Crippen molar-refractivity contribution in [1.29, 1.82) is 0 Å². The van der Waals surface area contributed by atoms with E-state index in [4.69, 9.17) is 0 Å². The number of rotatable bonds is 7. The van der Waals surface area contributed by atoms with Gasteiger partial charge < -0.3 is 10.2 Å². The van der Waals surface area contributed by atoms with Crippen LogP contribution in [0, 0.1) is 6.92 Å². The van der Waals surface area contributed by atoms with Gasteiger partial charge in [0.15, 0.2) is 0 Å². The number of carbonyl (C=O) groups excluding carboxylic acids is 2. The lowest BCUT2D eigenvalue weighted by Crippen LogP contribution is -2.39. The van der Waals surface area contributed by atoms with Crippen LogP contribution in [-0.4, -0.2) is 39.4 Å². The highest BCUT2D eigenvalue weighted by Crippen LogP contribution is 2.19. The molecule has 160 valence electrons. The van der Waals surface area contributed by atoms with Crippen molar-refractivity contribution in [2.24, 2.45) is 0 Å². The molecule has 4 rings (SSSR count). The van der Waals surface area contributed by atoms with Gasteiger partial charge in [0.25, 0.3) is 5.56 Å². The van der Waals surface area contributed by atoms with E-state index in [0.29, 0.717) is 23.9 Å². The number of hydrogen-bond acceptors (Lipinski definition) is 4. The maximum Gasteiger partial charge on any atom is 0.261 e. The molecule has 0 aliphatic carbocycles. The number of nitrogens with one attached hydrogen (secondary N) is 1. The van der Waals surface area contributed by atoms with Gasteiger partial charge in [-0.1, -0.05) is 42.5 Å². The molecule has 2 amide bonds. The molecule has 31 heavy (non-hydrogen) atoms. The normalized spacial score (nSPS) is 14.7. The molecule has 0 radical (unpaired) electrons. The predicted octanol–water partition coefficient (Wildman–Crippen LogP) is 2.57. The summed E-state index contributed by atoms with van der Waals surface area (Å²) in [7, 11) is 0. The number of fused-ring (bicyclic) bond motifs is 1. The lowest BCUT2D eigenvalue weighted by atomic mass is 10.1. The van der Waals surface area contributed by atoms with Gasteiger partial charge in [0.05, 0.1) is 23.3 Å². The second kappa shape index (κ2) is 9.12. The SMILES string of the molecule is Cc1cccc2c(=O)n(CCC(=O)NC(CN3CCCC3=O)c3ccccc3)cnc12. The maximum atomic E-state index is 12.8. The van der Waals surface area contributed by atoms with Gasteiger partial charge in [-0.05, 0) is 30.5 Å². The molecule has 1 atom stereocenters. The number of carbonyl (C=O) groups is 2. The van der Waals surface area contributed by atoms with Crippen molar-refractivity contribution in [1.82, 2.24) is 19.8 Å². The molecule has 1 fully saturated rings. The molecule has 1 aliphatic rings. The number of nitrogens with zero attached hydrogens (tertiary/aromatic N) is 3. The number of amides is 2. The van der Waals surface area contributed by atoms with E-state index in [2.05, 4.69) is 10.3 Å². The highest BCUT2D eigenvalue weighted by atomic mass is 16.2. The monoisotopic (exact) mass is 418 g/mol. The number of hydrogen-bond donors (Lipinski definition) is 1. The Balaban J connectivity index is 1.45. The number of aromatic nitrogens is 2. The van der Waals surface area contributed by atoms with E-state index in [1.54, 1.807) is 11.0 Å². The summed E-state index contributed by atoms with van der Waals surface area (Å²) in [5, 5.41) is 3.60. The second-order valence-electron chi connectivity index (χ2n) is 7.94. The van der Waals surface area contributed by atoms with Crippen molar-refractivity contribution >= 4 is 22.7 Å². The van der Waals surface area contributed by atoms with Crippen LogP contribution in [0.1, 0.15) is 36.4 Å². The first kappa shape index (κ1) is 20.8. The number of likely N-dealkylation sites (tertiary alicyclic amines) is 1. The lowest BCUT2D eigenvalue weighted by molar-refractivity contribution is -0.129. The Labute approximate surface area is 180 Å². The zero-order valence-electron chi connectivity index (χ0n) is 17.6. The van der Waals surface area contributed by atoms with Gasteiger partial charge in [-0.25, -0.2) is 4.98 Å². The van der Waals surface area contributed by atoms with Crippen LogP contribution in [0.25, 0.3) is 10.9 Å². The molecule has 7 nitrogen and oxygen atoms in total. The van der Waals surface area contributed by atoms with Gasteiger partial charge in [0.2, 0.25) is 11.8 Å². The third kappa shape index (κ3) is 4.66. The average Bonchev–Trinajstić information content (AvgIpc) is 3.18. The predicted molar refractivity (Wildman–Crippen MR) is 118 cm³/mol. The van der Waals surface area contributed by atoms with Crippen LogP contribution in [0.3, 0.4) is 0 Å². The first-order chi connectivity index (χ1) is 15.0. The molecule has 2 heterocycles. The van der Waals surface area contributed by atoms with E-state index >= 15 is 0 Å². The Morgan fingerprint density at radius 1 is 1.13 bits per heavy atom. The van der Waals surface area contributed by atoms with Crippen LogP contribution in [-0.2, 0) is 16.1 Å². The van der Waals surface area contributed by atoms with Crippen molar-refractivity contribution in [3.8, 4) is 0 Å². The largest absolute Gasteiger partial charge is 0.347 e. The van der Waals surface area contributed by atoms with Crippen LogP contribution in [0.5, 0.6) is 0 Å². The van der Waals surface area contributed by atoms with Crippen LogP contribution < -0.4 is 10.9 Å². The van der Waals surface area contributed by atoms with Crippen molar-refractivity contribution in [2.45, 2.75) is 38.8 Å². The van der Waals surface area contributed by atoms with Crippen molar-refractivity contribution in [3.05, 3.63) is 76.3 Å². The summed E-state index contributed by atoms with van der Waals surface area (Å²) < 4.78 is 1.48. The first-order valence-corrected chi connectivity index (χ1v) is 10.6. The molecular weight excluding hydrogens is 392 g/mol. The smallest absolute Gasteiger partial charge is 0.261 e. The average molecular weight is 418 g/mol. The Bertz CT molecular complexity index is 1160. The van der Waals surface area contributed by atoms with Crippen molar-refractivity contribution < 1.29 is 9.59 Å². The minimum absolute atomic E-state index is 0.124. The standard InChI is InChI=1S/C24H26N4O3/c1-17-7-5-10-19-23(17)25-16-28(24(19)31)14-12-21(29)26-20(18-8-3-2-4-9-18)15-27-13-6-11-22(27)30/h2-5,7-10,16,20H,6,11-15H2,1H3,(H,26,29). The van der Waals surface area contributed by atoms with E-state index < -0.39 is 0 Å². The lowest BCUT2D eigenvalue weighted by Gasteiger charge is -2.25. The fourth-order valence-electron chi connectivity index (χ4n) is 4.02. The summed E-state index contributed by atoms with van der Waals surface area (Å²) in [5.74, 6) is -0.0454. The third-order valence-corrected chi connectivity index (χ3v) is 5.75. The minimum atomic E-state index is -0.287. The Morgan fingerprint density at radius 2 is 1.94 bits per heavy atom. The number of benzene rings is 2. The summed E-state index contributed by atoms with van der Waals surface area (Å²) >= 11 is 0. The highest BCUT2D eigenvalue weighted by Gasteiger charge is 2.25. The van der Waals surface area contributed by atoms with Crippen LogP contribution in [0.4, 0.5) is 0 Å². The fourth-order valence-corrected chi connectivity index (χ4v) is 4.02. The number of para-hydroxylation sites is 1. The van der Waals surface area contributed by atoms with Gasteiger partial charge in [-0.2, -0.15) is 0 Å². The highest BCUT2D eigenvalue weighted by molar-refractivity contribution is 5.81. The van der Waals surface area contributed by atoms with Crippen LogP contribution in [0.15, 0.2) is 59.7 Å². The van der Waals surface area contributed by atoms with E-state index in [0.717, 1.165) is 24.1 Å². The zero-order valence-corrected chi connectivity index (χ0v) is 17.6. The fraction of sp³-hybridized carbons (Fsp3) is 0.333. The van der Waals surface area contributed by atoms with Crippen molar-refractivity contribution in [2.75, 3.05) is 13.1 Å².